The summed E-state index contributed by atoms with van der Waals surface area (Å²) in [6.45, 7) is 2.18. The molecule has 4 rings (SSSR count). The van der Waals surface area contributed by atoms with Gasteiger partial charge in [0.15, 0.2) is 11.5 Å². The Labute approximate surface area is 159 Å². The number of carbonyl (C=O) groups is 2. The lowest BCUT2D eigenvalue weighted by Crippen LogP contribution is -2.27. The summed E-state index contributed by atoms with van der Waals surface area (Å²) in [5.74, 6) is 0.802. The summed E-state index contributed by atoms with van der Waals surface area (Å²) < 4.78 is 10.6. The Morgan fingerprint density at radius 2 is 1.92 bits per heavy atom. The Morgan fingerprint density at radius 1 is 1.19 bits per heavy atom. The SMILES string of the molecule is Cc1ccccc1/C=C1\SC(=O)N(Cc2cc3c(cc2Cl)OCO3)C1=O. The molecule has 0 N–H and O–H groups in total. The van der Waals surface area contributed by atoms with Gasteiger partial charge in [0, 0.05) is 11.1 Å². The lowest BCUT2D eigenvalue weighted by Gasteiger charge is -2.14. The fraction of sp³-hybridized carbons (Fsp3) is 0.158. The van der Waals surface area contributed by atoms with Gasteiger partial charge in [0.25, 0.3) is 11.1 Å². The second-order valence-electron chi connectivity index (χ2n) is 5.92. The molecule has 7 heteroatoms. The van der Waals surface area contributed by atoms with Crippen molar-refractivity contribution >= 4 is 40.6 Å². The van der Waals surface area contributed by atoms with Crippen molar-refractivity contribution in [3.05, 3.63) is 63.0 Å². The molecule has 5 nitrogen and oxygen atoms in total. The Bertz CT molecular complexity index is 957. The van der Waals surface area contributed by atoms with Crippen LogP contribution in [0.25, 0.3) is 6.08 Å². The highest BCUT2D eigenvalue weighted by Crippen LogP contribution is 2.39. The monoisotopic (exact) mass is 387 g/mol. The van der Waals surface area contributed by atoms with Crippen LogP contribution in [0.4, 0.5) is 4.79 Å². The van der Waals surface area contributed by atoms with E-state index >= 15 is 0 Å². The first kappa shape index (κ1) is 17.0. The van der Waals surface area contributed by atoms with Crippen LogP contribution in [-0.2, 0) is 11.3 Å². The van der Waals surface area contributed by atoms with Crippen LogP contribution in [0.2, 0.25) is 5.02 Å². The second-order valence-corrected chi connectivity index (χ2v) is 7.32. The molecule has 0 bridgehead atoms. The van der Waals surface area contributed by atoms with E-state index in [1.807, 2.05) is 31.2 Å². The van der Waals surface area contributed by atoms with Gasteiger partial charge in [-0.2, -0.15) is 0 Å². The fourth-order valence-corrected chi connectivity index (χ4v) is 3.82. The Kier molecular flexibility index (Phi) is 4.38. The average molecular weight is 388 g/mol. The van der Waals surface area contributed by atoms with E-state index in [0.717, 1.165) is 22.9 Å². The number of amides is 2. The molecule has 0 unspecified atom stereocenters. The zero-order chi connectivity index (χ0) is 18.3. The van der Waals surface area contributed by atoms with E-state index in [1.165, 1.54) is 4.90 Å². The number of imide groups is 1. The minimum atomic E-state index is -0.322. The summed E-state index contributed by atoms with van der Waals surface area (Å²) in [4.78, 5) is 26.6. The second kappa shape index (κ2) is 6.70. The number of ether oxygens (including phenoxy) is 2. The van der Waals surface area contributed by atoms with Crippen molar-refractivity contribution in [3.8, 4) is 11.5 Å². The van der Waals surface area contributed by atoms with Crippen LogP contribution in [0.15, 0.2) is 41.3 Å². The van der Waals surface area contributed by atoms with Crippen molar-refractivity contribution < 1.29 is 19.1 Å². The van der Waals surface area contributed by atoms with Crippen molar-refractivity contribution in [1.82, 2.24) is 4.90 Å². The molecule has 1 fully saturated rings. The molecule has 2 heterocycles. The number of thioether (sulfide) groups is 1. The summed E-state index contributed by atoms with van der Waals surface area (Å²) in [6, 6.07) is 11.1. The molecule has 0 aromatic heterocycles. The van der Waals surface area contributed by atoms with Crippen LogP contribution >= 0.6 is 23.4 Å². The van der Waals surface area contributed by atoms with Crippen LogP contribution in [-0.4, -0.2) is 22.8 Å². The molecule has 0 aliphatic carbocycles. The molecule has 0 radical (unpaired) electrons. The van der Waals surface area contributed by atoms with E-state index in [-0.39, 0.29) is 24.5 Å². The van der Waals surface area contributed by atoms with Crippen LogP contribution in [0, 0.1) is 6.92 Å². The van der Waals surface area contributed by atoms with E-state index in [2.05, 4.69) is 0 Å². The number of hydrogen-bond donors (Lipinski definition) is 0. The Balaban J connectivity index is 1.60. The van der Waals surface area contributed by atoms with Crippen LogP contribution in [0.5, 0.6) is 11.5 Å². The smallest absolute Gasteiger partial charge is 0.293 e. The van der Waals surface area contributed by atoms with E-state index in [4.69, 9.17) is 21.1 Å². The molecule has 2 aliphatic heterocycles. The first-order valence-corrected chi connectivity index (χ1v) is 9.11. The molecule has 2 aliphatic rings. The number of halogens is 1. The molecule has 2 aromatic rings. The highest BCUT2D eigenvalue weighted by Gasteiger charge is 2.35. The first-order chi connectivity index (χ1) is 12.5. The van der Waals surface area contributed by atoms with Gasteiger partial charge in [-0.3, -0.25) is 14.5 Å². The Hall–Kier alpha value is -2.44. The van der Waals surface area contributed by atoms with Crippen molar-refractivity contribution in [1.29, 1.82) is 0 Å². The van der Waals surface area contributed by atoms with Gasteiger partial charge < -0.3 is 9.47 Å². The van der Waals surface area contributed by atoms with Gasteiger partial charge in [0.2, 0.25) is 6.79 Å². The number of fused-ring (bicyclic) bond motifs is 1. The predicted molar refractivity (Wildman–Crippen MR) is 100 cm³/mol. The maximum atomic E-state index is 12.7. The number of benzene rings is 2. The van der Waals surface area contributed by atoms with E-state index in [0.29, 0.717) is 27.0 Å². The highest BCUT2D eigenvalue weighted by atomic mass is 35.5. The molecular weight excluding hydrogens is 374 g/mol. The van der Waals surface area contributed by atoms with Gasteiger partial charge in [0.1, 0.15) is 0 Å². The third-order valence-corrected chi connectivity index (χ3v) is 5.48. The minimum absolute atomic E-state index is 0.0885. The van der Waals surface area contributed by atoms with E-state index in [9.17, 15) is 9.59 Å². The standard InChI is InChI=1S/C19H14ClNO4S/c1-11-4-2-3-5-12(11)7-17-18(22)21(19(23)26-17)9-13-6-15-16(8-14(13)20)25-10-24-15/h2-8H,9-10H2,1H3/b17-7-. The van der Waals surface area contributed by atoms with Gasteiger partial charge in [-0.1, -0.05) is 35.9 Å². The number of hydrogen-bond acceptors (Lipinski definition) is 5. The lowest BCUT2D eigenvalue weighted by molar-refractivity contribution is -0.123. The molecule has 26 heavy (non-hydrogen) atoms. The molecule has 2 aromatic carbocycles. The average Bonchev–Trinajstić information content (AvgIpc) is 3.16. The van der Waals surface area contributed by atoms with Crippen molar-refractivity contribution in [2.45, 2.75) is 13.5 Å². The molecule has 2 amide bonds. The van der Waals surface area contributed by atoms with Crippen molar-refractivity contribution in [2.75, 3.05) is 6.79 Å². The van der Waals surface area contributed by atoms with E-state index < -0.39 is 0 Å². The van der Waals surface area contributed by atoms with Crippen molar-refractivity contribution in [2.24, 2.45) is 0 Å². The van der Waals surface area contributed by atoms with Gasteiger partial charge in [-0.05, 0) is 47.5 Å². The van der Waals surface area contributed by atoms with Gasteiger partial charge in [0.05, 0.1) is 11.4 Å². The molecule has 0 saturated carbocycles. The van der Waals surface area contributed by atoms with Crippen LogP contribution < -0.4 is 9.47 Å². The molecule has 0 atom stereocenters. The summed E-state index contributed by atoms with van der Waals surface area (Å²) in [6.07, 6.45) is 1.75. The van der Waals surface area contributed by atoms with Crippen LogP contribution in [0.3, 0.4) is 0 Å². The molecular formula is C19H14ClNO4S. The van der Waals surface area contributed by atoms with E-state index in [1.54, 1.807) is 18.2 Å². The largest absolute Gasteiger partial charge is 0.454 e. The zero-order valence-corrected chi connectivity index (χ0v) is 15.4. The third-order valence-electron chi connectivity index (χ3n) is 4.22. The number of nitrogens with zero attached hydrogens (tertiary/aromatic N) is 1. The Morgan fingerprint density at radius 3 is 2.69 bits per heavy atom. The third kappa shape index (κ3) is 3.06. The molecule has 1 saturated heterocycles. The number of aryl methyl sites for hydroxylation is 1. The maximum absolute atomic E-state index is 12.7. The summed E-state index contributed by atoms with van der Waals surface area (Å²) >= 11 is 7.20. The van der Waals surface area contributed by atoms with Crippen LogP contribution in [0.1, 0.15) is 16.7 Å². The fourth-order valence-electron chi connectivity index (χ4n) is 2.78. The van der Waals surface area contributed by atoms with Gasteiger partial charge >= 0.3 is 0 Å². The summed E-state index contributed by atoms with van der Waals surface area (Å²) in [5.41, 5.74) is 2.59. The predicted octanol–water partition coefficient (Wildman–Crippen LogP) is 4.61. The first-order valence-electron chi connectivity index (χ1n) is 7.92. The number of rotatable bonds is 3. The summed E-state index contributed by atoms with van der Waals surface area (Å²) in [5, 5.41) is 0.111. The topological polar surface area (TPSA) is 55.8 Å². The minimum Gasteiger partial charge on any atom is -0.454 e. The van der Waals surface area contributed by atoms with Crippen molar-refractivity contribution in [3.63, 3.8) is 0 Å². The number of carbonyl (C=O) groups excluding carboxylic acids is 2. The van der Waals surface area contributed by atoms with Gasteiger partial charge in [-0.25, -0.2) is 0 Å². The summed E-state index contributed by atoms with van der Waals surface area (Å²) in [7, 11) is 0. The quantitative estimate of drug-likeness (QED) is 0.719. The molecule has 0 spiro atoms. The highest BCUT2D eigenvalue weighted by molar-refractivity contribution is 8.18. The normalized spacial score (nSPS) is 17.5. The van der Waals surface area contributed by atoms with Gasteiger partial charge in [-0.15, -0.1) is 0 Å². The maximum Gasteiger partial charge on any atom is 0.293 e. The zero-order valence-electron chi connectivity index (χ0n) is 13.8. The molecule has 132 valence electrons. The lowest BCUT2D eigenvalue weighted by atomic mass is 10.1.